The fourth-order valence-electron chi connectivity index (χ4n) is 7.29. The number of dihydropyridines is 1. The fourth-order valence-corrected chi connectivity index (χ4v) is 7.29. The van der Waals surface area contributed by atoms with Gasteiger partial charge in [0.05, 0.1) is 25.4 Å². The molecule has 2 N–H and O–H groups in total. The SMILES string of the molecule is COC(=O)C1=C(C)NC(C)=C(C(=O)OC)C1C1CCC(C(=O)NCCCN2CCN(C3CCCCC3)CC2)C1. The number of allylic oxidation sites excluding steroid dienone is 2. The highest BCUT2D eigenvalue weighted by Gasteiger charge is 2.44. The molecule has 9 nitrogen and oxygen atoms in total. The average molecular weight is 545 g/mol. The van der Waals surface area contributed by atoms with Crippen molar-refractivity contribution in [1.82, 2.24) is 20.4 Å². The minimum absolute atomic E-state index is 0.0172. The van der Waals surface area contributed by atoms with Crippen LogP contribution in [-0.4, -0.2) is 87.2 Å². The van der Waals surface area contributed by atoms with E-state index in [9.17, 15) is 14.4 Å². The van der Waals surface area contributed by atoms with Gasteiger partial charge in [-0.25, -0.2) is 9.59 Å². The van der Waals surface area contributed by atoms with E-state index in [1.807, 2.05) is 13.8 Å². The zero-order chi connectivity index (χ0) is 27.9. The van der Waals surface area contributed by atoms with E-state index in [-0.39, 0.29) is 17.7 Å². The molecular weight excluding hydrogens is 496 g/mol. The summed E-state index contributed by atoms with van der Waals surface area (Å²) in [4.78, 5) is 43.8. The first kappa shape index (κ1) is 29.6. The summed E-state index contributed by atoms with van der Waals surface area (Å²) in [5, 5.41) is 6.31. The Hall–Kier alpha value is -2.39. The quantitative estimate of drug-likeness (QED) is 0.338. The van der Waals surface area contributed by atoms with Crippen LogP contribution in [0.1, 0.15) is 71.6 Å². The summed E-state index contributed by atoms with van der Waals surface area (Å²) in [5.74, 6) is -1.41. The zero-order valence-corrected chi connectivity index (χ0v) is 24.4. The van der Waals surface area contributed by atoms with Crippen LogP contribution in [0, 0.1) is 17.8 Å². The largest absolute Gasteiger partial charge is 0.466 e. The monoisotopic (exact) mass is 544 g/mol. The number of carbonyl (C=O) groups excluding carboxylic acids is 3. The van der Waals surface area contributed by atoms with Crippen LogP contribution in [-0.2, 0) is 23.9 Å². The Balaban J connectivity index is 1.25. The van der Waals surface area contributed by atoms with E-state index in [1.54, 1.807) is 0 Å². The molecule has 2 aliphatic heterocycles. The molecule has 1 saturated heterocycles. The van der Waals surface area contributed by atoms with Gasteiger partial charge in [0.2, 0.25) is 5.91 Å². The summed E-state index contributed by atoms with van der Waals surface area (Å²) < 4.78 is 10.2. The summed E-state index contributed by atoms with van der Waals surface area (Å²) in [6.45, 7) is 9.92. The molecule has 39 heavy (non-hydrogen) atoms. The molecule has 4 aliphatic rings. The standard InChI is InChI=1S/C30H48N4O5/c1-20-25(29(36)38-3)27(26(21(2)32-20)30(37)39-4)22-11-12-23(19-22)28(35)31-13-8-14-33-15-17-34(18-16-33)24-9-6-5-7-10-24/h22-24,27,32H,5-19H2,1-4H3,(H,31,35). The highest BCUT2D eigenvalue weighted by Crippen LogP contribution is 2.45. The lowest BCUT2D eigenvalue weighted by Crippen LogP contribution is -2.51. The number of nitrogens with one attached hydrogen (secondary N) is 2. The lowest BCUT2D eigenvalue weighted by atomic mass is 9.75. The van der Waals surface area contributed by atoms with Gasteiger partial charge < -0.3 is 25.0 Å². The second-order valence-electron chi connectivity index (χ2n) is 11.7. The second-order valence-corrected chi connectivity index (χ2v) is 11.7. The molecule has 4 rings (SSSR count). The molecule has 0 spiro atoms. The Morgan fingerprint density at radius 2 is 1.49 bits per heavy atom. The second kappa shape index (κ2) is 13.8. The topological polar surface area (TPSA) is 100 Å². The van der Waals surface area contributed by atoms with Crippen LogP contribution in [0.25, 0.3) is 0 Å². The van der Waals surface area contributed by atoms with Crippen molar-refractivity contribution in [2.24, 2.45) is 17.8 Å². The fraction of sp³-hybridized carbons (Fsp3) is 0.767. The zero-order valence-electron chi connectivity index (χ0n) is 24.4. The molecule has 0 radical (unpaired) electrons. The van der Waals surface area contributed by atoms with Crippen molar-refractivity contribution in [2.45, 2.75) is 77.7 Å². The lowest BCUT2D eigenvalue weighted by molar-refractivity contribution is -0.138. The number of hydrogen-bond acceptors (Lipinski definition) is 8. The molecule has 0 aromatic heterocycles. The van der Waals surface area contributed by atoms with Gasteiger partial charge in [0.15, 0.2) is 0 Å². The minimum atomic E-state index is -0.452. The number of esters is 2. The molecule has 0 aromatic rings. The highest BCUT2D eigenvalue weighted by molar-refractivity contribution is 5.98. The third kappa shape index (κ3) is 7.04. The van der Waals surface area contributed by atoms with E-state index in [1.165, 1.54) is 59.4 Å². The van der Waals surface area contributed by atoms with Gasteiger partial charge in [-0.05, 0) is 64.8 Å². The molecule has 2 aliphatic carbocycles. The average Bonchev–Trinajstić information content (AvgIpc) is 3.45. The van der Waals surface area contributed by atoms with E-state index in [0.29, 0.717) is 35.5 Å². The summed E-state index contributed by atoms with van der Waals surface area (Å²) in [6, 6.07) is 0.798. The van der Waals surface area contributed by atoms with Crippen LogP contribution in [0.15, 0.2) is 22.5 Å². The number of amides is 1. The van der Waals surface area contributed by atoms with Crippen molar-refractivity contribution < 1.29 is 23.9 Å². The Morgan fingerprint density at radius 3 is 2.08 bits per heavy atom. The third-order valence-corrected chi connectivity index (χ3v) is 9.38. The highest BCUT2D eigenvalue weighted by atomic mass is 16.5. The van der Waals surface area contributed by atoms with E-state index in [0.717, 1.165) is 44.9 Å². The number of methoxy groups -OCH3 is 2. The van der Waals surface area contributed by atoms with Crippen molar-refractivity contribution in [2.75, 3.05) is 53.5 Å². The summed E-state index contributed by atoms with van der Waals surface area (Å²) in [5.41, 5.74) is 2.28. The van der Waals surface area contributed by atoms with Gasteiger partial charge in [-0.2, -0.15) is 0 Å². The van der Waals surface area contributed by atoms with Gasteiger partial charge in [-0.3, -0.25) is 9.69 Å². The predicted molar refractivity (Wildman–Crippen MR) is 149 cm³/mol. The normalized spacial score (nSPS) is 25.9. The van der Waals surface area contributed by atoms with E-state index in [4.69, 9.17) is 9.47 Å². The number of hydrogen-bond donors (Lipinski definition) is 2. The first-order valence-electron chi connectivity index (χ1n) is 14.9. The lowest BCUT2D eigenvalue weighted by Gasteiger charge is -2.40. The molecule has 3 fully saturated rings. The maximum absolute atomic E-state index is 13.1. The van der Waals surface area contributed by atoms with Crippen molar-refractivity contribution >= 4 is 17.8 Å². The van der Waals surface area contributed by atoms with Crippen LogP contribution in [0.2, 0.25) is 0 Å². The Morgan fingerprint density at radius 1 is 0.872 bits per heavy atom. The maximum atomic E-state index is 13.1. The molecule has 218 valence electrons. The number of nitrogens with zero attached hydrogens (tertiary/aromatic N) is 2. The van der Waals surface area contributed by atoms with E-state index in [2.05, 4.69) is 20.4 Å². The molecule has 2 saturated carbocycles. The first-order valence-corrected chi connectivity index (χ1v) is 14.9. The summed E-state index contributed by atoms with van der Waals surface area (Å²) in [6.07, 6.45) is 9.98. The van der Waals surface area contributed by atoms with Crippen molar-refractivity contribution in [3.8, 4) is 0 Å². The van der Waals surface area contributed by atoms with E-state index >= 15 is 0 Å². The van der Waals surface area contributed by atoms with E-state index < -0.39 is 17.9 Å². The molecule has 2 atom stereocenters. The van der Waals surface area contributed by atoms with Gasteiger partial charge in [0, 0.05) is 62.0 Å². The van der Waals surface area contributed by atoms with Crippen LogP contribution in [0.5, 0.6) is 0 Å². The number of piperazine rings is 1. The maximum Gasteiger partial charge on any atom is 0.336 e. The Kier molecular flexibility index (Phi) is 10.5. The van der Waals surface area contributed by atoms with Gasteiger partial charge in [0.1, 0.15) is 0 Å². The molecular formula is C30H48N4O5. The number of carbonyl (C=O) groups is 3. The first-order chi connectivity index (χ1) is 18.8. The number of ether oxygens (including phenoxy) is 2. The number of rotatable bonds is 9. The van der Waals surface area contributed by atoms with Crippen LogP contribution < -0.4 is 10.6 Å². The molecule has 9 heteroatoms. The summed E-state index contributed by atoms with van der Waals surface area (Å²) >= 11 is 0. The molecule has 0 bridgehead atoms. The van der Waals surface area contributed by atoms with Crippen LogP contribution in [0.4, 0.5) is 0 Å². The minimum Gasteiger partial charge on any atom is -0.466 e. The van der Waals surface area contributed by atoms with Crippen LogP contribution >= 0.6 is 0 Å². The molecule has 2 unspecified atom stereocenters. The Labute approximate surface area is 233 Å². The van der Waals surface area contributed by atoms with Crippen LogP contribution in [0.3, 0.4) is 0 Å². The molecule has 2 heterocycles. The predicted octanol–water partition coefficient (Wildman–Crippen LogP) is 2.97. The van der Waals surface area contributed by atoms with Gasteiger partial charge in [-0.1, -0.05) is 19.3 Å². The van der Waals surface area contributed by atoms with Crippen molar-refractivity contribution in [3.05, 3.63) is 22.5 Å². The van der Waals surface area contributed by atoms with Gasteiger partial charge in [0.25, 0.3) is 0 Å². The molecule has 0 aromatic carbocycles. The molecule has 1 amide bonds. The smallest absolute Gasteiger partial charge is 0.336 e. The van der Waals surface area contributed by atoms with Gasteiger partial charge >= 0.3 is 11.9 Å². The van der Waals surface area contributed by atoms with Crippen molar-refractivity contribution in [3.63, 3.8) is 0 Å². The third-order valence-electron chi connectivity index (χ3n) is 9.38. The van der Waals surface area contributed by atoms with Crippen molar-refractivity contribution in [1.29, 1.82) is 0 Å². The Bertz CT molecular complexity index is 924. The van der Waals surface area contributed by atoms with Gasteiger partial charge in [-0.15, -0.1) is 0 Å². The summed E-state index contributed by atoms with van der Waals surface area (Å²) in [7, 11) is 2.70.